The zero-order valence-electron chi connectivity index (χ0n) is 11.2. The summed E-state index contributed by atoms with van der Waals surface area (Å²) in [5, 5.41) is 1.11. The molecule has 1 aromatic carbocycles. The number of hydrogen-bond donors (Lipinski definition) is 0. The molecule has 0 heterocycles. The van der Waals surface area contributed by atoms with Gasteiger partial charge in [0, 0.05) is 4.90 Å². The second-order valence-electron chi connectivity index (χ2n) is 4.73. The Morgan fingerprint density at radius 2 is 2.00 bits per heavy atom. The van der Waals surface area contributed by atoms with Crippen molar-refractivity contribution >= 4 is 25.8 Å². The highest BCUT2D eigenvalue weighted by atomic mass is 32.2. The van der Waals surface area contributed by atoms with Crippen LogP contribution < -0.4 is 0 Å². The molecule has 0 aliphatic carbocycles. The molecule has 2 nitrogen and oxygen atoms in total. The minimum Gasteiger partial charge on any atom is -0.462 e. The Morgan fingerprint density at radius 3 is 2.50 bits per heavy atom. The Labute approximate surface area is 114 Å². The van der Waals surface area contributed by atoms with E-state index in [4.69, 9.17) is 4.74 Å². The molecule has 0 saturated heterocycles. The number of carbonyl (C=O) groups excluding carboxylic acids is 1. The molecule has 0 atom stereocenters. The first-order chi connectivity index (χ1) is 8.48. The zero-order valence-corrected chi connectivity index (χ0v) is 13.0. The minimum atomic E-state index is -1.27. The summed E-state index contributed by atoms with van der Waals surface area (Å²) in [6.45, 7) is 10.7. The topological polar surface area (TPSA) is 26.3 Å². The molecule has 0 aliphatic heterocycles. The molecule has 0 N–H and O–H groups in total. The average molecular weight is 280 g/mol. The van der Waals surface area contributed by atoms with E-state index in [0.29, 0.717) is 12.2 Å². The number of benzene rings is 1. The van der Waals surface area contributed by atoms with Crippen LogP contribution in [0.1, 0.15) is 17.3 Å². The van der Waals surface area contributed by atoms with Gasteiger partial charge in [0.05, 0.1) is 20.2 Å². The summed E-state index contributed by atoms with van der Waals surface area (Å²) in [7, 11) is -1.27. The first kappa shape index (κ1) is 15.1. The smallest absolute Gasteiger partial charge is 0.338 e. The molecule has 4 heteroatoms. The third-order valence-electron chi connectivity index (χ3n) is 2.53. The predicted molar refractivity (Wildman–Crippen MR) is 80.8 cm³/mol. The van der Waals surface area contributed by atoms with Crippen LogP contribution in [0.25, 0.3) is 0 Å². The Balaban J connectivity index is 2.61. The van der Waals surface area contributed by atoms with E-state index in [1.807, 2.05) is 43.0 Å². The fourth-order valence-electron chi connectivity index (χ4n) is 1.23. The van der Waals surface area contributed by atoms with Crippen molar-refractivity contribution in [2.24, 2.45) is 0 Å². The lowest BCUT2D eigenvalue weighted by Crippen LogP contribution is -2.26. The first-order valence-electron chi connectivity index (χ1n) is 6.02. The van der Waals surface area contributed by atoms with Gasteiger partial charge in [-0.2, -0.15) is 0 Å². The van der Waals surface area contributed by atoms with E-state index in [9.17, 15) is 4.79 Å². The number of carbonyl (C=O) groups is 1. The number of esters is 1. The monoisotopic (exact) mass is 280 g/mol. The van der Waals surface area contributed by atoms with Crippen molar-refractivity contribution in [2.45, 2.75) is 24.9 Å². The van der Waals surface area contributed by atoms with Crippen LogP contribution in [0.15, 0.2) is 41.4 Å². The lowest BCUT2D eigenvalue weighted by Gasteiger charge is -2.16. The zero-order chi connectivity index (χ0) is 13.6. The van der Waals surface area contributed by atoms with Crippen molar-refractivity contribution in [3.63, 3.8) is 0 Å². The largest absolute Gasteiger partial charge is 0.462 e. The van der Waals surface area contributed by atoms with Crippen molar-refractivity contribution in [2.75, 3.05) is 12.0 Å². The van der Waals surface area contributed by atoms with Crippen molar-refractivity contribution in [3.8, 4) is 0 Å². The van der Waals surface area contributed by atoms with Gasteiger partial charge in [0.1, 0.15) is 0 Å². The molecule has 0 aliphatic rings. The van der Waals surface area contributed by atoms with Crippen LogP contribution in [0.4, 0.5) is 0 Å². The van der Waals surface area contributed by atoms with Gasteiger partial charge >= 0.3 is 5.97 Å². The van der Waals surface area contributed by atoms with Crippen LogP contribution in [0.2, 0.25) is 13.1 Å². The minimum absolute atomic E-state index is 0.255. The number of thioether (sulfide) groups is 1. The molecule has 0 bridgehead atoms. The lowest BCUT2D eigenvalue weighted by molar-refractivity contribution is 0.0526. The van der Waals surface area contributed by atoms with Crippen LogP contribution in [-0.2, 0) is 4.74 Å². The molecule has 1 rings (SSSR count). The fourth-order valence-corrected chi connectivity index (χ4v) is 4.18. The third-order valence-corrected chi connectivity index (χ3v) is 7.79. The Kier molecular flexibility index (Phi) is 5.69. The molecule has 0 radical (unpaired) electrons. The van der Waals surface area contributed by atoms with Gasteiger partial charge < -0.3 is 4.74 Å². The molecule has 0 saturated carbocycles. The Hall–Kier alpha value is -1.00. The molecule has 0 fully saturated rings. The van der Waals surface area contributed by atoms with Crippen molar-refractivity contribution < 1.29 is 9.53 Å². The molecule has 0 unspecified atom stereocenters. The molecule has 0 spiro atoms. The van der Waals surface area contributed by atoms with Crippen LogP contribution in [-0.4, -0.2) is 26.0 Å². The van der Waals surface area contributed by atoms with Gasteiger partial charge in [0.15, 0.2) is 0 Å². The maximum Gasteiger partial charge on any atom is 0.338 e. The summed E-state index contributed by atoms with van der Waals surface area (Å²) in [4.78, 5) is 12.7. The second kappa shape index (κ2) is 6.80. The van der Waals surface area contributed by atoms with E-state index in [-0.39, 0.29) is 5.97 Å². The van der Waals surface area contributed by atoms with Crippen molar-refractivity contribution in [1.82, 2.24) is 0 Å². The Morgan fingerprint density at radius 1 is 1.39 bits per heavy atom. The summed E-state index contributed by atoms with van der Waals surface area (Å²) < 4.78 is 4.95. The van der Waals surface area contributed by atoms with E-state index >= 15 is 0 Å². The fraction of sp³-hybridized carbons (Fsp3) is 0.357. The van der Waals surface area contributed by atoms with E-state index in [2.05, 4.69) is 25.4 Å². The maximum atomic E-state index is 11.5. The van der Waals surface area contributed by atoms with Gasteiger partial charge in [0.25, 0.3) is 0 Å². The molecular formula is C14H20O2SSi. The van der Waals surface area contributed by atoms with E-state index in [1.165, 1.54) is 4.90 Å². The van der Waals surface area contributed by atoms with Gasteiger partial charge in [-0.3, -0.25) is 0 Å². The second-order valence-corrected chi connectivity index (χ2v) is 11.0. The average Bonchev–Trinajstić information content (AvgIpc) is 2.37. The van der Waals surface area contributed by atoms with E-state index < -0.39 is 8.07 Å². The SMILES string of the molecule is C=C[Si](C)(C)CSc1ccc(C(=O)OCC)cc1. The highest BCUT2D eigenvalue weighted by Gasteiger charge is 2.16. The van der Waals surface area contributed by atoms with Gasteiger partial charge in [-0.15, -0.1) is 24.0 Å². The van der Waals surface area contributed by atoms with E-state index in [0.717, 1.165) is 5.38 Å². The van der Waals surface area contributed by atoms with Gasteiger partial charge in [-0.25, -0.2) is 4.79 Å². The van der Waals surface area contributed by atoms with Crippen molar-refractivity contribution in [3.05, 3.63) is 42.1 Å². The van der Waals surface area contributed by atoms with Gasteiger partial charge in [-0.05, 0) is 36.6 Å². The lowest BCUT2D eigenvalue weighted by atomic mass is 10.2. The normalized spacial score (nSPS) is 11.1. The third kappa shape index (κ3) is 4.70. The summed E-state index contributed by atoms with van der Waals surface area (Å²) in [5.74, 6) is -0.255. The van der Waals surface area contributed by atoms with Crippen LogP contribution in [0.3, 0.4) is 0 Å². The van der Waals surface area contributed by atoms with Crippen LogP contribution in [0, 0.1) is 0 Å². The predicted octanol–water partition coefficient (Wildman–Crippen LogP) is 3.93. The maximum absolute atomic E-state index is 11.5. The van der Waals surface area contributed by atoms with Gasteiger partial charge in [0.2, 0.25) is 0 Å². The first-order valence-corrected chi connectivity index (χ1v) is 10.3. The molecule has 0 amide bonds. The van der Waals surface area contributed by atoms with E-state index in [1.54, 1.807) is 0 Å². The molecule has 0 aromatic heterocycles. The van der Waals surface area contributed by atoms with Crippen molar-refractivity contribution in [1.29, 1.82) is 0 Å². The molecule has 1 aromatic rings. The summed E-state index contributed by atoms with van der Waals surface area (Å²) in [5.41, 5.74) is 2.72. The summed E-state index contributed by atoms with van der Waals surface area (Å²) >= 11 is 1.82. The number of hydrogen-bond acceptors (Lipinski definition) is 3. The highest BCUT2D eigenvalue weighted by molar-refractivity contribution is 8.01. The summed E-state index contributed by atoms with van der Waals surface area (Å²) in [6, 6.07) is 7.60. The number of rotatable bonds is 6. The summed E-state index contributed by atoms with van der Waals surface area (Å²) in [6.07, 6.45) is 0. The van der Waals surface area contributed by atoms with Gasteiger partial charge in [-0.1, -0.05) is 13.1 Å². The number of ether oxygens (including phenoxy) is 1. The molecule has 98 valence electrons. The highest BCUT2D eigenvalue weighted by Crippen LogP contribution is 2.23. The van der Waals surface area contributed by atoms with Crippen LogP contribution >= 0.6 is 11.8 Å². The Bertz CT molecular complexity index is 412. The quantitative estimate of drug-likeness (QED) is 0.449. The van der Waals surface area contributed by atoms with Crippen LogP contribution in [0.5, 0.6) is 0 Å². The standard InChI is InChI=1S/C14H20O2SSi/c1-5-16-14(15)12-7-9-13(10-8-12)17-11-18(3,4)6-2/h6-10H,2,5,11H2,1,3-4H3. The molecule has 18 heavy (non-hydrogen) atoms. The molecular weight excluding hydrogens is 260 g/mol.